The topological polar surface area (TPSA) is 46.2 Å². The van der Waals surface area contributed by atoms with Gasteiger partial charge in [0.2, 0.25) is 0 Å². The summed E-state index contributed by atoms with van der Waals surface area (Å²) in [6.07, 6.45) is 1.28. The highest BCUT2D eigenvalue weighted by Crippen LogP contribution is 2.43. The number of ether oxygens (including phenoxy) is 5. The minimum Gasteiger partial charge on any atom is -0.348 e. The summed E-state index contributed by atoms with van der Waals surface area (Å²) in [5.74, 6) is -1.15. The molecule has 3 rings (SSSR count). The molecule has 5 heteroatoms. The third kappa shape index (κ3) is 2.34. The van der Waals surface area contributed by atoms with Crippen LogP contribution in [0.3, 0.4) is 0 Å². The standard InChI is InChI=1S/C14H22O5/c1-6-8-10(9-7-15-13(2,3)17-9)16-12-11(8)18-14(4,5)19-12/h6,9-12H,7H2,1-5H3/b8-6-/t9-,10+,11-,12-/m1/s1. The van der Waals surface area contributed by atoms with Crippen LogP contribution in [0.2, 0.25) is 0 Å². The maximum absolute atomic E-state index is 5.98. The van der Waals surface area contributed by atoms with Gasteiger partial charge in [0.25, 0.3) is 0 Å². The molecular weight excluding hydrogens is 248 g/mol. The van der Waals surface area contributed by atoms with Gasteiger partial charge in [0.1, 0.15) is 18.3 Å². The summed E-state index contributed by atoms with van der Waals surface area (Å²) in [6, 6.07) is 0. The summed E-state index contributed by atoms with van der Waals surface area (Å²) in [7, 11) is 0. The Kier molecular flexibility index (Phi) is 3.04. The molecule has 108 valence electrons. The highest BCUT2D eigenvalue weighted by atomic mass is 16.8. The van der Waals surface area contributed by atoms with E-state index in [0.29, 0.717) is 6.61 Å². The van der Waals surface area contributed by atoms with Crippen LogP contribution in [-0.4, -0.2) is 42.8 Å². The minimum absolute atomic E-state index is 0.109. The van der Waals surface area contributed by atoms with Crippen molar-refractivity contribution in [2.75, 3.05) is 6.61 Å². The number of rotatable bonds is 1. The van der Waals surface area contributed by atoms with Crippen molar-refractivity contribution >= 4 is 0 Å². The second-order valence-corrected chi connectivity index (χ2v) is 6.14. The van der Waals surface area contributed by atoms with Gasteiger partial charge in [-0.1, -0.05) is 6.08 Å². The molecule has 0 bridgehead atoms. The van der Waals surface area contributed by atoms with E-state index in [1.54, 1.807) is 0 Å². The molecule has 4 atom stereocenters. The van der Waals surface area contributed by atoms with Crippen LogP contribution in [0.15, 0.2) is 11.6 Å². The van der Waals surface area contributed by atoms with Crippen LogP contribution in [-0.2, 0) is 23.7 Å². The summed E-state index contributed by atoms with van der Waals surface area (Å²) >= 11 is 0. The molecule has 3 aliphatic heterocycles. The molecule has 0 unspecified atom stereocenters. The summed E-state index contributed by atoms with van der Waals surface area (Å²) in [5.41, 5.74) is 1.09. The van der Waals surface area contributed by atoms with E-state index in [4.69, 9.17) is 23.7 Å². The predicted octanol–water partition coefficient (Wildman–Crippen LogP) is 1.96. The third-order valence-corrected chi connectivity index (χ3v) is 3.70. The zero-order valence-electron chi connectivity index (χ0n) is 12.1. The van der Waals surface area contributed by atoms with Crippen molar-refractivity contribution in [1.29, 1.82) is 0 Å². The lowest BCUT2D eigenvalue weighted by molar-refractivity contribution is -0.215. The van der Waals surface area contributed by atoms with E-state index in [-0.39, 0.29) is 24.6 Å². The molecule has 19 heavy (non-hydrogen) atoms. The molecular formula is C14H22O5. The first-order chi connectivity index (χ1) is 8.81. The lowest BCUT2D eigenvalue weighted by Crippen LogP contribution is -2.34. The first-order valence-electron chi connectivity index (χ1n) is 6.80. The van der Waals surface area contributed by atoms with Gasteiger partial charge >= 0.3 is 0 Å². The largest absolute Gasteiger partial charge is 0.348 e. The number of allylic oxidation sites excluding steroid dienone is 1. The molecule has 0 N–H and O–H groups in total. The van der Waals surface area contributed by atoms with Gasteiger partial charge in [0.05, 0.1) is 6.61 Å². The van der Waals surface area contributed by atoms with E-state index >= 15 is 0 Å². The third-order valence-electron chi connectivity index (χ3n) is 3.70. The lowest BCUT2D eigenvalue weighted by atomic mass is 10.0. The van der Waals surface area contributed by atoms with Crippen LogP contribution in [0, 0.1) is 0 Å². The molecule has 3 fully saturated rings. The van der Waals surface area contributed by atoms with Gasteiger partial charge in [-0.25, -0.2) is 0 Å². The van der Waals surface area contributed by atoms with Crippen molar-refractivity contribution in [3.63, 3.8) is 0 Å². The molecule has 0 aromatic heterocycles. The number of hydrogen-bond donors (Lipinski definition) is 0. The highest BCUT2D eigenvalue weighted by Gasteiger charge is 2.54. The molecule has 0 amide bonds. The van der Waals surface area contributed by atoms with Crippen LogP contribution < -0.4 is 0 Å². The van der Waals surface area contributed by atoms with Crippen molar-refractivity contribution in [2.24, 2.45) is 0 Å². The Bertz CT molecular complexity index is 401. The first kappa shape index (κ1) is 13.5. The molecule has 0 saturated carbocycles. The molecule has 3 saturated heterocycles. The summed E-state index contributed by atoms with van der Waals surface area (Å²) in [6.45, 7) is 10.1. The molecule has 0 aliphatic carbocycles. The Balaban J connectivity index is 1.76. The van der Waals surface area contributed by atoms with E-state index in [1.165, 1.54) is 0 Å². The van der Waals surface area contributed by atoms with Crippen LogP contribution in [0.1, 0.15) is 34.6 Å². The zero-order valence-corrected chi connectivity index (χ0v) is 12.1. The van der Waals surface area contributed by atoms with Gasteiger partial charge in [0.15, 0.2) is 17.9 Å². The van der Waals surface area contributed by atoms with Gasteiger partial charge in [0, 0.05) is 0 Å². The van der Waals surface area contributed by atoms with Crippen molar-refractivity contribution in [3.05, 3.63) is 11.6 Å². The zero-order chi connectivity index (χ0) is 13.8. The molecule has 0 aromatic rings. The van der Waals surface area contributed by atoms with Gasteiger partial charge < -0.3 is 23.7 Å². The average Bonchev–Trinajstić information content (AvgIpc) is 2.87. The lowest BCUT2D eigenvalue weighted by Gasteiger charge is -2.25. The Hall–Kier alpha value is -0.460. The fourth-order valence-electron chi connectivity index (χ4n) is 2.94. The summed E-state index contributed by atoms with van der Waals surface area (Å²) < 4.78 is 29.1. The molecule has 3 aliphatic rings. The average molecular weight is 270 g/mol. The second kappa shape index (κ2) is 4.27. The van der Waals surface area contributed by atoms with E-state index < -0.39 is 11.6 Å². The monoisotopic (exact) mass is 270 g/mol. The highest BCUT2D eigenvalue weighted by molar-refractivity contribution is 5.23. The fraction of sp³-hybridized carbons (Fsp3) is 0.857. The van der Waals surface area contributed by atoms with Crippen LogP contribution in [0.4, 0.5) is 0 Å². The van der Waals surface area contributed by atoms with Gasteiger partial charge in [-0.05, 0) is 40.2 Å². The maximum atomic E-state index is 5.98. The molecule has 0 aromatic carbocycles. The minimum atomic E-state index is -0.596. The van der Waals surface area contributed by atoms with Gasteiger partial charge in [-0.2, -0.15) is 0 Å². The quantitative estimate of drug-likeness (QED) is 0.682. The Morgan fingerprint density at radius 1 is 1.00 bits per heavy atom. The Morgan fingerprint density at radius 3 is 2.32 bits per heavy atom. The van der Waals surface area contributed by atoms with Crippen LogP contribution in [0.5, 0.6) is 0 Å². The van der Waals surface area contributed by atoms with Crippen molar-refractivity contribution in [2.45, 2.75) is 70.8 Å². The Morgan fingerprint density at radius 2 is 1.74 bits per heavy atom. The van der Waals surface area contributed by atoms with Crippen molar-refractivity contribution < 1.29 is 23.7 Å². The predicted molar refractivity (Wildman–Crippen MR) is 67.4 cm³/mol. The van der Waals surface area contributed by atoms with E-state index in [0.717, 1.165) is 5.57 Å². The fourth-order valence-corrected chi connectivity index (χ4v) is 2.94. The van der Waals surface area contributed by atoms with Crippen molar-refractivity contribution in [1.82, 2.24) is 0 Å². The maximum Gasteiger partial charge on any atom is 0.191 e. The SMILES string of the molecule is C/C=C1\[C@H]2OC(C)(C)O[C@H]2O[C@@H]1[C@H]1COC(C)(C)O1. The van der Waals surface area contributed by atoms with Gasteiger partial charge in [-0.15, -0.1) is 0 Å². The van der Waals surface area contributed by atoms with Crippen molar-refractivity contribution in [3.8, 4) is 0 Å². The van der Waals surface area contributed by atoms with E-state index in [1.807, 2.05) is 40.7 Å². The first-order valence-corrected chi connectivity index (χ1v) is 6.80. The van der Waals surface area contributed by atoms with Gasteiger partial charge in [-0.3, -0.25) is 0 Å². The van der Waals surface area contributed by atoms with E-state index in [9.17, 15) is 0 Å². The number of fused-ring (bicyclic) bond motifs is 1. The Labute approximate surface area is 113 Å². The smallest absolute Gasteiger partial charge is 0.191 e. The molecule has 0 radical (unpaired) electrons. The van der Waals surface area contributed by atoms with E-state index in [2.05, 4.69) is 0 Å². The molecule has 3 heterocycles. The second-order valence-electron chi connectivity index (χ2n) is 6.14. The number of hydrogen-bond acceptors (Lipinski definition) is 5. The molecule has 0 spiro atoms. The van der Waals surface area contributed by atoms with Crippen LogP contribution >= 0.6 is 0 Å². The van der Waals surface area contributed by atoms with Crippen LogP contribution in [0.25, 0.3) is 0 Å². The normalized spacial score (nSPS) is 45.8. The molecule has 5 nitrogen and oxygen atoms in total. The summed E-state index contributed by atoms with van der Waals surface area (Å²) in [5, 5.41) is 0. The summed E-state index contributed by atoms with van der Waals surface area (Å²) in [4.78, 5) is 0.